The van der Waals surface area contributed by atoms with Crippen LogP contribution >= 0.6 is 59.9 Å². The summed E-state index contributed by atoms with van der Waals surface area (Å²) in [5.41, 5.74) is -0.757. The largest absolute Gasteiger partial charge is 0.363 e. The Bertz CT molecular complexity index is 1100. The fourth-order valence-corrected chi connectivity index (χ4v) is 7.99. The van der Waals surface area contributed by atoms with E-state index in [0.717, 1.165) is 5.56 Å². The molecule has 0 bridgehead atoms. The molecule has 1 fully saturated rings. The highest BCUT2D eigenvalue weighted by molar-refractivity contribution is 7.59. The lowest BCUT2D eigenvalue weighted by molar-refractivity contribution is -0.269. The number of alkyl halides is 4. The molecule has 3 aromatic carbocycles. The number of rotatable bonds is 4. The topological polar surface area (TPSA) is 40.5 Å². The molecule has 4 rings (SSSR count). The summed E-state index contributed by atoms with van der Waals surface area (Å²) >= 11 is 28.6. The molecule has 35 heavy (non-hydrogen) atoms. The smallest absolute Gasteiger partial charge is 0.200 e. The summed E-state index contributed by atoms with van der Waals surface area (Å²) in [5, 5.41) is 24.0. The fourth-order valence-electron chi connectivity index (χ4n) is 6.08. The minimum Gasteiger partial charge on any atom is -0.363 e. The fraction of sp³-hybridized carbons (Fsp3) is 0.357. The van der Waals surface area contributed by atoms with E-state index in [1.807, 2.05) is 97.9 Å². The Balaban J connectivity index is 0.00000342. The van der Waals surface area contributed by atoms with Gasteiger partial charge in [-0.25, -0.2) is 0 Å². The molecule has 0 amide bonds. The van der Waals surface area contributed by atoms with Crippen LogP contribution in [0.1, 0.15) is 37.5 Å². The maximum Gasteiger partial charge on any atom is 0.200 e. The van der Waals surface area contributed by atoms with Crippen molar-refractivity contribution in [2.75, 3.05) is 0 Å². The lowest BCUT2D eigenvalue weighted by Crippen LogP contribution is -2.84. The zero-order chi connectivity index (χ0) is 25.0. The lowest BCUT2D eigenvalue weighted by Gasteiger charge is -2.69. The van der Waals surface area contributed by atoms with Gasteiger partial charge in [0.1, 0.15) is 4.87 Å². The van der Waals surface area contributed by atoms with E-state index in [1.54, 1.807) is 13.8 Å². The molecule has 2 nitrogen and oxygen atoms in total. The van der Waals surface area contributed by atoms with Crippen molar-refractivity contribution < 1.29 is 10.2 Å². The molecule has 0 spiro atoms. The molecule has 0 aromatic heterocycles. The summed E-state index contributed by atoms with van der Waals surface area (Å²) in [5.74, 6) is -3.22. The van der Waals surface area contributed by atoms with Gasteiger partial charge < -0.3 is 10.2 Å². The average molecular weight is 572 g/mol. The van der Waals surface area contributed by atoms with Gasteiger partial charge in [0.25, 0.3) is 0 Å². The van der Waals surface area contributed by atoms with E-state index < -0.39 is 37.1 Å². The van der Waals surface area contributed by atoms with Gasteiger partial charge >= 0.3 is 0 Å². The SMILES string of the molecule is CC(C)C1(Cl)C(Cl)(Cl)C(Cl)C(C)(c2ccccc2)C(c2ccccc2)(c2ccccc2)C1(O)O.S. The van der Waals surface area contributed by atoms with Gasteiger partial charge in [0.2, 0.25) is 5.79 Å². The van der Waals surface area contributed by atoms with Gasteiger partial charge in [-0.05, 0) is 22.6 Å². The van der Waals surface area contributed by atoms with Crippen LogP contribution in [0.4, 0.5) is 0 Å². The molecule has 188 valence electrons. The third-order valence-electron chi connectivity index (χ3n) is 7.70. The van der Waals surface area contributed by atoms with E-state index in [9.17, 15) is 10.2 Å². The Hall–Kier alpha value is -0.910. The normalized spacial score (nSPS) is 28.8. The van der Waals surface area contributed by atoms with Crippen LogP contribution in [0, 0.1) is 5.92 Å². The number of hydrogen-bond acceptors (Lipinski definition) is 2. The van der Waals surface area contributed by atoms with Crippen LogP contribution < -0.4 is 0 Å². The first-order valence-electron chi connectivity index (χ1n) is 11.2. The van der Waals surface area contributed by atoms with Crippen LogP contribution in [0.2, 0.25) is 0 Å². The summed E-state index contributed by atoms with van der Waals surface area (Å²) in [7, 11) is 0. The first-order chi connectivity index (χ1) is 15.9. The van der Waals surface area contributed by atoms with Crippen LogP contribution in [0.15, 0.2) is 91.0 Å². The van der Waals surface area contributed by atoms with Gasteiger partial charge in [-0.3, -0.25) is 0 Å². The van der Waals surface area contributed by atoms with Crippen molar-refractivity contribution in [3.8, 4) is 0 Å². The summed E-state index contributed by atoms with van der Waals surface area (Å²) in [6, 6.07) is 28.2. The molecule has 3 atom stereocenters. The Labute approximate surface area is 234 Å². The third kappa shape index (κ3) is 3.54. The number of hydrogen-bond donors (Lipinski definition) is 2. The zero-order valence-corrected chi connectivity index (χ0v) is 23.7. The van der Waals surface area contributed by atoms with E-state index >= 15 is 0 Å². The van der Waals surface area contributed by atoms with Crippen molar-refractivity contribution in [2.24, 2.45) is 5.92 Å². The molecular weight excluding hydrogens is 542 g/mol. The van der Waals surface area contributed by atoms with Crippen molar-refractivity contribution >= 4 is 59.9 Å². The van der Waals surface area contributed by atoms with Crippen molar-refractivity contribution in [1.82, 2.24) is 0 Å². The van der Waals surface area contributed by atoms with E-state index in [0.29, 0.717) is 11.1 Å². The molecule has 3 unspecified atom stereocenters. The van der Waals surface area contributed by atoms with E-state index in [-0.39, 0.29) is 13.5 Å². The zero-order valence-electron chi connectivity index (χ0n) is 19.7. The second-order valence-electron chi connectivity index (χ2n) is 9.57. The lowest BCUT2D eigenvalue weighted by atomic mass is 9.43. The Morgan fingerprint density at radius 2 is 1.03 bits per heavy atom. The second-order valence-corrected chi connectivity index (χ2v) is 12.0. The van der Waals surface area contributed by atoms with Crippen molar-refractivity contribution in [3.05, 3.63) is 108 Å². The quantitative estimate of drug-likeness (QED) is 0.258. The third-order valence-corrected chi connectivity index (χ3v) is 10.9. The molecule has 0 heterocycles. The Morgan fingerprint density at radius 3 is 1.37 bits per heavy atom. The molecule has 1 aliphatic carbocycles. The number of aliphatic hydroxyl groups is 2. The maximum atomic E-state index is 12.5. The van der Waals surface area contributed by atoms with Gasteiger partial charge in [-0.2, -0.15) is 13.5 Å². The highest BCUT2D eigenvalue weighted by atomic mass is 35.5. The first kappa shape index (κ1) is 28.7. The molecule has 2 N–H and O–H groups in total. The van der Waals surface area contributed by atoms with Crippen LogP contribution in [0.5, 0.6) is 0 Å². The second kappa shape index (κ2) is 9.76. The standard InChI is InChI=1S/C28H28Cl4O2.H2S/c1-19(2)26(30)27(31,32)23(29)24(3,20-13-7-4-8-14-20)25(28(26,33)34,21-15-9-5-10-16-21)22-17-11-6-12-18-22;/h4-19,23,33-34H,1-3H3;1H2. The molecular formula is C28H30Cl4O2S. The molecule has 1 aliphatic rings. The summed E-state index contributed by atoms with van der Waals surface area (Å²) < 4.78 is -1.93. The van der Waals surface area contributed by atoms with Crippen LogP contribution in [0.3, 0.4) is 0 Å². The predicted octanol–water partition coefficient (Wildman–Crippen LogP) is 7.15. The molecule has 1 saturated carbocycles. The molecule has 3 aromatic rings. The summed E-state index contributed by atoms with van der Waals surface area (Å²) in [6.07, 6.45) is 0. The monoisotopic (exact) mass is 570 g/mol. The van der Waals surface area contributed by atoms with Crippen LogP contribution in [-0.2, 0) is 10.8 Å². The van der Waals surface area contributed by atoms with E-state index in [1.165, 1.54) is 0 Å². The van der Waals surface area contributed by atoms with Crippen molar-refractivity contribution in [3.63, 3.8) is 0 Å². The van der Waals surface area contributed by atoms with Crippen molar-refractivity contribution in [2.45, 2.75) is 52.0 Å². The van der Waals surface area contributed by atoms with E-state index in [2.05, 4.69) is 0 Å². The van der Waals surface area contributed by atoms with Gasteiger partial charge in [0.15, 0.2) is 4.33 Å². The average Bonchev–Trinajstić information content (AvgIpc) is 2.84. The predicted molar refractivity (Wildman–Crippen MR) is 153 cm³/mol. The highest BCUT2D eigenvalue weighted by Crippen LogP contribution is 2.72. The van der Waals surface area contributed by atoms with Crippen LogP contribution in [-0.4, -0.2) is 30.6 Å². The van der Waals surface area contributed by atoms with Gasteiger partial charge in [0.05, 0.1) is 10.8 Å². The van der Waals surface area contributed by atoms with E-state index in [4.69, 9.17) is 46.4 Å². The maximum absolute atomic E-state index is 12.5. The van der Waals surface area contributed by atoms with Gasteiger partial charge in [0, 0.05) is 5.41 Å². The van der Waals surface area contributed by atoms with Gasteiger partial charge in [-0.1, -0.05) is 135 Å². The first-order valence-corrected chi connectivity index (χ1v) is 12.8. The summed E-state index contributed by atoms with van der Waals surface area (Å²) in [6.45, 7) is 5.42. The molecule has 0 radical (unpaired) electrons. The molecule has 7 heteroatoms. The summed E-state index contributed by atoms with van der Waals surface area (Å²) in [4.78, 5) is -1.95. The van der Waals surface area contributed by atoms with Gasteiger partial charge in [-0.15, -0.1) is 23.2 Å². The van der Waals surface area contributed by atoms with Crippen LogP contribution in [0.25, 0.3) is 0 Å². The Morgan fingerprint density at radius 1 is 0.686 bits per heavy atom. The Kier molecular flexibility index (Phi) is 7.99. The minimum absolute atomic E-state index is 0. The number of halogens is 4. The van der Waals surface area contributed by atoms with Crippen molar-refractivity contribution in [1.29, 1.82) is 0 Å². The number of benzene rings is 3. The highest BCUT2D eigenvalue weighted by Gasteiger charge is 2.83. The molecule has 0 saturated heterocycles. The molecule has 0 aliphatic heterocycles. The minimum atomic E-state index is -2.65.